The van der Waals surface area contributed by atoms with E-state index in [0.717, 1.165) is 29.7 Å². The number of thiophene rings is 1. The highest BCUT2D eigenvalue weighted by Crippen LogP contribution is 2.34. The van der Waals surface area contributed by atoms with E-state index < -0.39 is 0 Å². The number of fused-ring (bicyclic) bond motifs is 1. The first-order valence-electron chi connectivity index (χ1n) is 7.14. The van der Waals surface area contributed by atoms with E-state index in [9.17, 15) is 0 Å². The Kier molecular flexibility index (Phi) is 4.34. The van der Waals surface area contributed by atoms with E-state index in [-0.39, 0.29) is 6.04 Å². The van der Waals surface area contributed by atoms with Crippen molar-refractivity contribution < 1.29 is 4.42 Å². The fraction of sp³-hybridized carbons (Fsp3) is 0.294. The van der Waals surface area contributed by atoms with Gasteiger partial charge in [-0.1, -0.05) is 30.7 Å². The number of para-hydroxylation sites is 1. The minimum absolute atomic E-state index is 0.0830. The number of nitrogens with one attached hydrogen (secondary N) is 1. The molecule has 0 radical (unpaired) electrons. The molecule has 0 amide bonds. The second-order valence-electron chi connectivity index (χ2n) is 5.20. The Morgan fingerprint density at radius 3 is 2.86 bits per heavy atom. The van der Waals surface area contributed by atoms with Crippen molar-refractivity contribution in [1.82, 2.24) is 5.32 Å². The Hall–Kier alpha value is -1.29. The summed E-state index contributed by atoms with van der Waals surface area (Å²) in [6.45, 7) is 5.26. The standard InChI is InChI=1S/C17H18ClNOS/c1-3-7-19-16(13-10-21-9-11(13)2)15-8-12-5-4-6-14(18)17(12)20-15/h4-6,8-10,16,19H,3,7H2,1-2H3. The van der Waals surface area contributed by atoms with Crippen molar-refractivity contribution in [3.05, 3.63) is 56.9 Å². The summed E-state index contributed by atoms with van der Waals surface area (Å²) in [5.74, 6) is 0.924. The van der Waals surface area contributed by atoms with Crippen molar-refractivity contribution >= 4 is 33.9 Å². The first kappa shape index (κ1) is 14.6. The van der Waals surface area contributed by atoms with Gasteiger partial charge in [-0.3, -0.25) is 0 Å². The van der Waals surface area contributed by atoms with E-state index in [1.165, 1.54) is 11.1 Å². The van der Waals surface area contributed by atoms with Gasteiger partial charge in [-0.25, -0.2) is 0 Å². The molecule has 2 aromatic heterocycles. The summed E-state index contributed by atoms with van der Waals surface area (Å²) in [5.41, 5.74) is 3.34. The fourth-order valence-corrected chi connectivity index (χ4v) is 3.61. The van der Waals surface area contributed by atoms with Crippen LogP contribution in [0, 0.1) is 6.92 Å². The smallest absolute Gasteiger partial charge is 0.152 e. The number of hydrogen-bond acceptors (Lipinski definition) is 3. The number of rotatable bonds is 5. The maximum atomic E-state index is 6.22. The third-order valence-corrected chi connectivity index (χ3v) is 4.78. The molecule has 1 N–H and O–H groups in total. The highest BCUT2D eigenvalue weighted by atomic mass is 35.5. The number of furan rings is 1. The van der Waals surface area contributed by atoms with Crippen LogP contribution in [0.4, 0.5) is 0 Å². The molecule has 1 aromatic carbocycles. The van der Waals surface area contributed by atoms with Gasteiger partial charge >= 0.3 is 0 Å². The summed E-state index contributed by atoms with van der Waals surface area (Å²) in [6.07, 6.45) is 1.08. The number of aryl methyl sites for hydroxylation is 1. The van der Waals surface area contributed by atoms with E-state index in [0.29, 0.717) is 5.02 Å². The first-order valence-corrected chi connectivity index (χ1v) is 8.46. The summed E-state index contributed by atoms with van der Waals surface area (Å²) in [5, 5.41) is 9.66. The van der Waals surface area contributed by atoms with Crippen LogP contribution in [0.15, 0.2) is 39.4 Å². The highest BCUT2D eigenvalue weighted by Gasteiger charge is 2.20. The number of halogens is 1. The number of hydrogen-bond donors (Lipinski definition) is 1. The average molecular weight is 320 g/mol. The van der Waals surface area contributed by atoms with E-state index >= 15 is 0 Å². The van der Waals surface area contributed by atoms with Gasteiger partial charge in [-0.2, -0.15) is 11.3 Å². The van der Waals surface area contributed by atoms with E-state index in [1.54, 1.807) is 11.3 Å². The molecule has 0 spiro atoms. The predicted octanol–water partition coefficient (Wildman–Crippen LogP) is 5.55. The zero-order valence-electron chi connectivity index (χ0n) is 12.2. The zero-order chi connectivity index (χ0) is 14.8. The Bertz CT molecular complexity index is 746. The molecule has 3 aromatic rings. The minimum atomic E-state index is 0.0830. The first-order chi connectivity index (χ1) is 10.2. The molecule has 2 heterocycles. The average Bonchev–Trinajstić information content (AvgIpc) is 3.07. The quantitative estimate of drug-likeness (QED) is 0.667. The maximum Gasteiger partial charge on any atom is 0.152 e. The molecule has 0 bridgehead atoms. The van der Waals surface area contributed by atoms with Crippen LogP contribution in [0.3, 0.4) is 0 Å². The van der Waals surface area contributed by atoms with E-state index in [4.69, 9.17) is 16.0 Å². The van der Waals surface area contributed by atoms with Gasteiger partial charge in [0.2, 0.25) is 0 Å². The van der Waals surface area contributed by atoms with Crippen LogP contribution in [-0.4, -0.2) is 6.54 Å². The zero-order valence-corrected chi connectivity index (χ0v) is 13.7. The lowest BCUT2D eigenvalue weighted by Crippen LogP contribution is -2.22. The van der Waals surface area contributed by atoms with Gasteiger partial charge in [0.25, 0.3) is 0 Å². The molecular formula is C17H18ClNOS. The second kappa shape index (κ2) is 6.22. The van der Waals surface area contributed by atoms with Gasteiger partial charge < -0.3 is 9.73 Å². The summed E-state index contributed by atoms with van der Waals surface area (Å²) in [7, 11) is 0. The topological polar surface area (TPSA) is 25.2 Å². The Balaban J connectivity index is 2.05. The van der Waals surface area contributed by atoms with Gasteiger partial charge in [-0.15, -0.1) is 0 Å². The van der Waals surface area contributed by atoms with Gasteiger partial charge in [-0.05, 0) is 53.9 Å². The normalized spacial score (nSPS) is 12.9. The van der Waals surface area contributed by atoms with E-state index in [2.05, 4.69) is 36.0 Å². The monoisotopic (exact) mass is 319 g/mol. The van der Waals surface area contributed by atoms with Crippen LogP contribution >= 0.6 is 22.9 Å². The molecule has 21 heavy (non-hydrogen) atoms. The lowest BCUT2D eigenvalue weighted by atomic mass is 10.0. The molecule has 0 fully saturated rings. The third kappa shape index (κ3) is 2.86. The molecule has 0 aliphatic rings. The summed E-state index contributed by atoms with van der Waals surface area (Å²) < 4.78 is 6.05. The molecule has 110 valence electrons. The van der Waals surface area contributed by atoms with E-state index in [1.807, 2.05) is 18.2 Å². The van der Waals surface area contributed by atoms with Crippen LogP contribution in [-0.2, 0) is 0 Å². The molecule has 2 nitrogen and oxygen atoms in total. The van der Waals surface area contributed by atoms with Crippen molar-refractivity contribution in [3.63, 3.8) is 0 Å². The fourth-order valence-electron chi connectivity index (χ4n) is 2.51. The van der Waals surface area contributed by atoms with Crippen LogP contribution in [0.1, 0.15) is 36.3 Å². The Labute approximate surface area is 133 Å². The molecule has 0 aliphatic heterocycles. The van der Waals surface area contributed by atoms with Gasteiger partial charge in [0, 0.05) is 5.39 Å². The molecule has 3 rings (SSSR count). The maximum absolute atomic E-state index is 6.22. The van der Waals surface area contributed by atoms with Crippen LogP contribution in [0.25, 0.3) is 11.0 Å². The Morgan fingerprint density at radius 2 is 2.19 bits per heavy atom. The summed E-state index contributed by atoms with van der Waals surface area (Å²) in [4.78, 5) is 0. The van der Waals surface area contributed by atoms with Crippen LogP contribution < -0.4 is 5.32 Å². The summed E-state index contributed by atoms with van der Waals surface area (Å²) in [6, 6.07) is 8.02. The second-order valence-corrected chi connectivity index (χ2v) is 6.36. The van der Waals surface area contributed by atoms with Crippen molar-refractivity contribution in [2.75, 3.05) is 6.54 Å². The lowest BCUT2D eigenvalue weighted by Gasteiger charge is -2.16. The molecule has 0 saturated carbocycles. The van der Waals surface area contributed by atoms with Gasteiger partial charge in [0.15, 0.2) is 5.58 Å². The van der Waals surface area contributed by atoms with Gasteiger partial charge in [0.1, 0.15) is 5.76 Å². The predicted molar refractivity (Wildman–Crippen MR) is 90.4 cm³/mol. The molecule has 0 saturated heterocycles. The molecular weight excluding hydrogens is 302 g/mol. The Morgan fingerprint density at radius 1 is 1.33 bits per heavy atom. The van der Waals surface area contributed by atoms with Crippen molar-refractivity contribution in [2.24, 2.45) is 0 Å². The third-order valence-electron chi connectivity index (χ3n) is 3.60. The largest absolute Gasteiger partial charge is 0.457 e. The SMILES string of the molecule is CCCNC(c1cc2cccc(Cl)c2o1)c1cscc1C. The van der Waals surface area contributed by atoms with Crippen LogP contribution in [0.2, 0.25) is 5.02 Å². The van der Waals surface area contributed by atoms with Crippen LogP contribution in [0.5, 0.6) is 0 Å². The minimum Gasteiger partial charge on any atom is -0.457 e. The molecule has 1 unspecified atom stereocenters. The van der Waals surface area contributed by atoms with Crippen molar-refractivity contribution in [3.8, 4) is 0 Å². The van der Waals surface area contributed by atoms with Gasteiger partial charge in [0.05, 0.1) is 11.1 Å². The summed E-state index contributed by atoms with van der Waals surface area (Å²) >= 11 is 7.95. The molecule has 4 heteroatoms. The molecule has 0 aliphatic carbocycles. The number of benzene rings is 1. The molecule has 1 atom stereocenters. The lowest BCUT2D eigenvalue weighted by molar-refractivity contribution is 0.469. The van der Waals surface area contributed by atoms with Crippen molar-refractivity contribution in [1.29, 1.82) is 0 Å². The van der Waals surface area contributed by atoms with Crippen molar-refractivity contribution in [2.45, 2.75) is 26.3 Å². The highest BCUT2D eigenvalue weighted by molar-refractivity contribution is 7.08.